The molecule has 1 unspecified atom stereocenters. The van der Waals surface area contributed by atoms with Gasteiger partial charge in [-0.25, -0.2) is 9.18 Å². The zero-order valence-corrected chi connectivity index (χ0v) is 16.1. The number of aryl methyl sites for hydroxylation is 2. The highest BCUT2D eigenvalue weighted by Gasteiger charge is 2.39. The number of fused-ring (bicyclic) bond motifs is 1. The molecular weight excluding hydrogens is 349 g/mol. The third-order valence-corrected chi connectivity index (χ3v) is 5.03. The second kappa shape index (κ2) is 6.76. The molecule has 2 N–H and O–H groups in total. The molecule has 0 bridgehead atoms. The normalized spacial score (nSPS) is 17.6. The van der Waals surface area contributed by atoms with Crippen molar-refractivity contribution in [3.8, 4) is 22.6 Å². The molecule has 0 aromatic heterocycles. The van der Waals surface area contributed by atoms with E-state index in [1.807, 2.05) is 39.8 Å². The molecule has 0 spiro atoms. The van der Waals surface area contributed by atoms with Crippen molar-refractivity contribution in [2.75, 3.05) is 13.7 Å². The Hall–Kier alpha value is -2.76. The first-order valence-electron chi connectivity index (χ1n) is 8.75. The van der Waals surface area contributed by atoms with Crippen molar-refractivity contribution >= 4 is 6.09 Å². The maximum absolute atomic E-state index is 15.0. The van der Waals surface area contributed by atoms with E-state index in [9.17, 15) is 9.90 Å². The minimum atomic E-state index is -1.15. The molecule has 6 heteroatoms. The quantitative estimate of drug-likeness (QED) is 0.807. The predicted molar refractivity (Wildman–Crippen MR) is 101 cm³/mol. The van der Waals surface area contributed by atoms with E-state index in [1.54, 1.807) is 13.2 Å². The van der Waals surface area contributed by atoms with Crippen LogP contribution in [-0.2, 0) is 0 Å². The van der Waals surface area contributed by atoms with Gasteiger partial charge in [-0.2, -0.15) is 0 Å². The zero-order chi connectivity index (χ0) is 19.9. The molecule has 27 heavy (non-hydrogen) atoms. The van der Waals surface area contributed by atoms with Crippen LogP contribution < -0.4 is 14.8 Å². The van der Waals surface area contributed by atoms with E-state index in [1.165, 1.54) is 6.07 Å². The monoisotopic (exact) mass is 373 g/mol. The standard InChI is InChI=1S/C21H24FNO4/c1-11-6-13(7-12(2)18(11)26-5)14-9-17-15(8-16(14)22)19(23-20(24)25)21(3,4)10-27-17/h6-9,19,23H,10H2,1-5H3,(H,24,25). The smallest absolute Gasteiger partial charge is 0.405 e. The summed E-state index contributed by atoms with van der Waals surface area (Å²) in [5.41, 5.74) is 2.98. The van der Waals surface area contributed by atoms with Gasteiger partial charge in [-0.05, 0) is 54.8 Å². The Balaban J connectivity index is 2.11. The number of rotatable bonds is 3. The summed E-state index contributed by atoms with van der Waals surface area (Å²) in [4.78, 5) is 11.2. The predicted octanol–water partition coefficient (Wildman–Crippen LogP) is 4.85. The maximum Gasteiger partial charge on any atom is 0.405 e. The molecule has 2 aromatic carbocycles. The van der Waals surface area contributed by atoms with E-state index >= 15 is 4.39 Å². The fourth-order valence-corrected chi connectivity index (χ4v) is 3.73. The van der Waals surface area contributed by atoms with Crippen LogP contribution in [0.4, 0.5) is 9.18 Å². The van der Waals surface area contributed by atoms with Gasteiger partial charge in [-0.3, -0.25) is 0 Å². The van der Waals surface area contributed by atoms with Crippen LogP contribution in [0.2, 0.25) is 0 Å². The van der Waals surface area contributed by atoms with E-state index in [-0.39, 0.29) is 0 Å². The van der Waals surface area contributed by atoms with Gasteiger partial charge in [0, 0.05) is 16.5 Å². The second-order valence-electron chi connectivity index (χ2n) is 7.67. The summed E-state index contributed by atoms with van der Waals surface area (Å²) in [6.45, 7) is 7.93. The van der Waals surface area contributed by atoms with Gasteiger partial charge in [-0.1, -0.05) is 13.8 Å². The number of nitrogens with one attached hydrogen (secondary N) is 1. The van der Waals surface area contributed by atoms with Crippen molar-refractivity contribution in [2.45, 2.75) is 33.7 Å². The van der Waals surface area contributed by atoms with E-state index in [0.717, 1.165) is 22.4 Å². The van der Waals surface area contributed by atoms with Crippen LogP contribution in [0.1, 0.15) is 36.6 Å². The van der Waals surface area contributed by atoms with E-state index in [4.69, 9.17) is 9.47 Å². The first kappa shape index (κ1) is 19.0. The van der Waals surface area contributed by atoms with Gasteiger partial charge in [0.2, 0.25) is 0 Å². The van der Waals surface area contributed by atoms with Crippen molar-refractivity contribution in [3.63, 3.8) is 0 Å². The molecule has 0 aliphatic carbocycles. The first-order valence-corrected chi connectivity index (χ1v) is 8.75. The number of benzene rings is 2. The molecule has 2 aromatic rings. The molecule has 144 valence electrons. The summed E-state index contributed by atoms with van der Waals surface area (Å²) < 4.78 is 26.2. The average molecular weight is 373 g/mol. The molecule has 1 amide bonds. The third-order valence-electron chi connectivity index (χ3n) is 5.03. The molecule has 5 nitrogen and oxygen atoms in total. The van der Waals surface area contributed by atoms with Gasteiger partial charge in [0.1, 0.15) is 17.3 Å². The number of methoxy groups -OCH3 is 1. The topological polar surface area (TPSA) is 67.8 Å². The highest BCUT2D eigenvalue weighted by molar-refractivity contribution is 5.71. The van der Waals surface area contributed by atoms with Crippen molar-refractivity contribution in [3.05, 3.63) is 46.8 Å². The molecule has 1 aliphatic rings. The van der Waals surface area contributed by atoms with Gasteiger partial charge in [0.15, 0.2) is 0 Å². The van der Waals surface area contributed by atoms with Gasteiger partial charge in [-0.15, -0.1) is 0 Å². The van der Waals surface area contributed by atoms with Crippen LogP contribution in [0.5, 0.6) is 11.5 Å². The summed E-state index contributed by atoms with van der Waals surface area (Å²) in [6.07, 6.45) is -1.15. The Morgan fingerprint density at radius 1 is 1.26 bits per heavy atom. The van der Waals surface area contributed by atoms with Gasteiger partial charge < -0.3 is 19.9 Å². The minimum absolute atomic E-state index is 0.330. The lowest BCUT2D eigenvalue weighted by Gasteiger charge is -2.39. The number of carbonyl (C=O) groups is 1. The fraction of sp³-hybridized carbons (Fsp3) is 0.381. The number of hydrogen-bond donors (Lipinski definition) is 2. The van der Waals surface area contributed by atoms with E-state index in [0.29, 0.717) is 23.5 Å². The first-order chi connectivity index (χ1) is 12.6. The van der Waals surface area contributed by atoms with Crippen LogP contribution in [0.15, 0.2) is 24.3 Å². The lowest BCUT2D eigenvalue weighted by Crippen LogP contribution is -2.43. The van der Waals surface area contributed by atoms with Gasteiger partial charge >= 0.3 is 6.09 Å². The Morgan fingerprint density at radius 3 is 2.44 bits per heavy atom. The third kappa shape index (κ3) is 3.44. The SMILES string of the molecule is COc1c(C)cc(-c2cc3c(cc2F)C(NC(=O)O)C(C)(C)CO3)cc1C. The number of carboxylic acid groups (broad SMARTS) is 1. The Labute approximate surface area is 158 Å². The molecule has 0 fully saturated rings. The van der Waals surface area contributed by atoms with E-state index in [2.05, 4.69) is 5.32 Å². The largest absolute Gasteiger partial charge is 0.496 e. The van der Waals surface area contributed by atoms with Crippen LogP contribution in [-0.4, -0.2) is 24.9 Å². The van der Waals surface area contributed by atoms with Crippen molar-refractivity contribution in [2.24, 2.45) is 5.41 Å². The van der Waals surface area contributed by atoms with Crippen LogP contribution >= 0.6 is 0 Å². The Bertz CT molecular complexity index is 884. The molecule has 0 radical (unpaired) electrons. The second-order valence-corrected chi connectivity index (χ2v) is 7.67. The minimum Gasteiger partial charge on any atom is -0.496 e. The molecular formula is C21H24FNO4. The van der Waals surface area contributed by atoms with Gasteiger partial charge in [0.05, 0.1) is 19.8 Å². The molecule has 1 atom stereocenters. The Kier molecular flexibility index (Phi) is 4.76. The molecule has 3 rings (SSSR count). The molecule has 1 aliphatic heterocycles. The van der Waals surface area contributed by atoms with Crippen LogP contribution in [0.3, 0.4) is 0 Å². The summed E-state index contributed by atoms with van der Waals surface area (Å²) in [7, 11) is 1.61. The maximum atomic E-state index is 15.0. The average Bonchev–Trinajstić information content (AvgIpc) is 2.57. The number of halogens is 1. The Morgan fingerprint density at radius 2 is 1.89 bits per heavy atom. The lowest BCUT2D eigenvalue weighted by atomic mass is 9.78. The number of ether oxygens (including phenoxy) is 2. The lowest BCUT2D eigenvalue weighted by molar-refractivity contribution is 0.0992. The summed E-state index contributed by atoms with van der Waals surface area (Å²) in [5, 5.41) is 11.7. The highest BCUT2D eigenvalue weighted by Crippen LogP contribution is 2.45. The van der Waals surface area contributed by atoms with Crippen molar-refractivity contribution in [1.29, 1.82) is 0 Å². The van der Waals surface area contributed by atoms with E-state index < -0.39 is 23.4 Å². The fourth-order valence-electron chi connectivity index (χ4n) is 3.73. The molecule has 0 saturated carbocycles. The summed E-state index contributed by atoms with van der Waals surface area (Å²) in [6, 6.07) is 6.21. The summed E-state index contributed by atoms with van der Waals surface area (Å²) >= 11 is 0. The van der Waals surface area contributed by atoms with Crippen LogP contribution in [0, 0.1) is 25.1 Å². The van der Waals surface area contributed by atoms with Crippen LogP contribution in [0.25, 0.3) is 11.1 Å². The van der Waals surface area contributed by atoms with Crippen molar-refractivity contribution in [1.82, 2.24) is 5.32 Å². The summed E-state index contributed by atoms with van der Waals surface area (Å²) in [5.74, 6) is 0.854. The number of amides is 1. The highest BCUT2D eigenvalue weighted by atomic mass is 19.1. The zero-order valence-electron chi connectivity index (χ0n) is 16.1. The number of hydrogen-bond acceptors (Lipinski definition) is 3. The van der Waals surface area contributed by atoms with Gasteiger partial charge in [0.25, 0.3) is 0 Å². The molecule has 1 heterocycles. The van der Waals surface area contributed by atoms with Crippen molar-refractivity contribution < 1.29 is 23.8 Å². The molecule has 0 saturated heterocycles.